The molecule has 0 aliphatic heterocycles. The van der Waals surface area contributed by atoms with E-state index >= 15 is 0 Å². The van der Waals surface area contributed by atoms with Gasteiger partial charge in [-0.15, -0.1) is 0 Å². The normalized spacial score (nSPS) is 18.2. The first-order valence-corrected chi connectivity index (χ1v) is 8.26. The predicted octanol–water partition coefficient (Wildman–Crippen LogP) is 4.41. The van der Waals surface area contributed by atoms with Gasteiger partial charge in [0.1, 0.15) is 0 Å². The third kappa shape index (κ3) is 3.43. The fourth-order valence-corrected chi connectivity index (χ4v) is 3.94. The quantitative estimate of drug-likeness (QED) is 0.859. The number of halogens is 1. The van der Waals surface area contributed by atoms with Gasteiger partial charge in [0, 0.05) is 22.9 Å². The molecule has 1 nitrogen and oxygen atoms in total. The van der Waals surface area contributed by atoms with Crippen LogP contribution in [0.15, 0.2) is 18.2 Å². The van der Waals surface area contributed by atoms with Crippen molar-refractivity contribution in [3.05, 3.63) is 34.3 Å². The zero-order chi connectivity index (χ0) is 13.0. The predicted molar refractivity (Wildman–Crippen MR) is 82.6 cm³/mol. The van der Waals surface area contributed by atoms with E-state index in [1.165, 1.54) is 36.8 Å². The van der Waals surface area contributed by atoms with Crippen LogP contribution in [-0.2, 0) is 6.54 Å². The van der Waals surface area contributed by atoms with Crippen molar-refractivity contribution in [3.63, 3.8) is 0 Å². The van der Waals surface area contributed by atoms with Crippen LogP contribution in [0.3, 0.4) is 0 Å². The number of rotatable bonds is 5. The molecule has 1 saturated carbocycles. The molecule has 1 aromatic rings. The summed E-state index contributed by atoms with van der Waals surface area (Å²) in [4.78, 5) is 0. The maximum atomic E-state index is 6.25. The van der Waals surface area contributed by atoms with Gasteiger partial charge in [-0.2, -0.15) is 11.8 Å². The molecule has 18 heavy (non-hydrogen) atoms. The molecule has 1 fully saturated rings. The van der Waals surface area contributed by atoms with Crippen molar-refractivity contribution < 1.29 is 0 Å². The lowest BCUT2D eigenvalue weighted by Crippen LogP contribution is -2.34. The number of nitrogens with one attached hydrogen (secondary N) is 1. The summed E-state index contributed by atoms with van der Waals surface area (Å²) in [5.74, 6) is 0. The highest BCUT2D eigenvalue weighted by atomic mass is 35.5. The molecule has 100 valence electrons. The second-order valence-corrected chi connectivity index (χ2v) is 6.97. The molecule has 0 amide bonds. The third-order valence-corrected chi connectivity index (χ3v) is 5.69. The number of thioether (sulfide) groups is 1. The van der Waals surface area contributed by atoms with Gasteiger partial charge in [0.05, 0.1) is 0 Å². The van der Waals surface area contributed by atoms with E-state index in [2.05, 4.69) is 30.6 Å². The minimum atomic E-state index is 0.469. The average molecular weight is 284 g/mol. The Morgan fingerprint density at radius 2 is 2.06 bits per heavy atom. The second-order valence-electron chi connectivity index (χ2n) is 5.29. The second kappa shape index (κ2) is 6.31. The van der Waals surface area contributed by atoms with Gasteiger partial charge in [-0.05, 0) is 43.2 Å². The molecule has 2 rings (SSSR count). The summed E-state index contributed by atoms with van der Waals surface area (Å²) in [6.45, 7) is 4.05. The highest BCUT2D eigenvalue weighted by Crippen LogP contribution is 2.39. The van der Waals surface area contributed by atoms with E-state index in [1.807, 2.05) is 17.8 Å². The molecule has 1 aliphatic rings. The molecule has 0 spiro atoms. The zero-order valence-corrected chi connectivity index (χ0v) is 12.8. The Balaban J connectivity index is 1.88. The Labute approximate surface area is 120 Å². The van der Waals surface area contributed by atoms with Crippen LogP contribution >= 0.6 is 23.4 Å². The summed E-state index contributed by atoms with van der Waals surface area (Å²) in [6, 6.07) is 6.30. The van der Waals surface area contributed by atoms with Crippen LogP contribution < -0.4 is 5.32 Å². The van der Waals surface area contributed by atoms with Gasteiger partial charge < -0.3 is 5.32 Å². The van der Waals surface area contributed by atoms with Crippen molar-refractivity contribution in [3.8, 4) is 0 Å². The van der Waals surface area contributed by atoms with Crippen molar-refractivity contribution >= 4 is 23.4 Å². The van der Waals surface area contributed by atoms with Gasteiger partial charge >= 0.3 is 0 Å². The van der Waals surface area contributed by atoms with Crippen LogP contribution in [0.25, 0.3) is 0 Å². The van der Waals surface area contributed by atoms with E-state index in [0.717, 1.165) is 18.1 Å². The molecule has 0 bridgehead atoms. The van der Waals surface area contributed by atoms with Crippen molar-refractivity contribution in [2.75, 3.05) is 12.8 Å². The summed E-state index contributed by atoms with van der Waals surface area (Å²) in [6.07, 6.45) is 7.71. The number of hydrogen-bond acceptors (Lipinski definition) is 2. The Bertz CT molecular complexity index is 399. The summed E-state index contributed by atoms with van der Waals surface area (Å²) in [5, 5.41) is 4.47. The lowest BCUT2D eigenvalue weighted by molar-refractivity contribution is 0.534. The van der Waals surface area contributed by atoms with E-state index in [1.54, 1.807) is 0 Å². The lowest BCUT2D eigenvalue weighted by atomic mass is 10.1. The minimum Gasteiger partial charge on any atom is -0.311 e. The van der Waals surface area contributed by atoms with Crippen LogP contribution in [0.5, 0.6) is 0 Å². The molecule has 0 unspecified atom stereocenters. The number of hydrogen-bond donors (Lipinski definition) is 1. The first kappa shape index (κ1) is 14.2. The van der Waals surface area contributed by atoms with E-state index in [4.69, 9.17) is 11.6 Å². The van der Waals surface area contributed by atoms with Crippen molar-refractivity contribution in [1.82, 2.24) is 5.32 Å². The topological polar surface area (TPSA) is 12.0 Å². The van der Waals surface area contributed by atoms with Gasteiger partial charge in [0.15, 0.2) is 0 Å². The molecular weight excluding hydrogens is 262 g/mol. The van der Waals surface area contributed by atoms with Gasteiger partial charge in [-0.1, -0.05) is 36.6 Å². The first-order chi connectivity index (χ1) is 8.65. The van der Waals surface area contributed by atoms with Crippen molar-refractivity contribution in [1.29, 1.82) is 0 Å². The number of aryl methyl sites for hydroxylation is 1. The molecular formula is C15H22ClNS. The molecule has 0 aromatic heterocycles. The Morgan fingerprint density at radius 3 is 2.67 bits per heavy atom. The molecule has 1 aliphatic carbocycles. The Morgan fingerprint density at radius 1 is 1.33 bits per heavy atom. The van der Waals surface area contributed by atoms with Crippen LogP contribution in [-0.4, -0.2) is 17.5 Å². The van der Waals surface area contributed by atoms with E-state index in [9.17, 15) is 0 Å². The Kier molecular flexibility index (Phi) is 4.99. The van der Waals surface area contributed by atoms with Gasteiger partial charge in [0.2, 0.25) is 0 Å². The van der Waals surface area contributed by atoms with Crippen molar-refractivity contribution in [2.24, 2.45) is 0 Å². The van der Waals surface area contributed by atoms with Crippen LogP contribution in [0.2, 0.25) is 5.02 Å². The van der Waals surface area contributed by atoms with E-state index < -0.39 is 0 Å². The summed E-state index contributed by atoms with van der Waals surface area (Å²) < 4.78 is 0.469. The van der Waals surface area contributed by atoms with Crippen molar-refractivity contribution in [2.45, 2.75) is 43.9 Å². The number of benzene rings is 1. The first-order valence-electron chi connectivity index (χ1n) is 6.66. The third-order valence-electron chi connectivity index (χ3n) is 3.92. The lowest BCUT2D eigenvalue weighted by Gasteiger charge is -2.27. The fraction of sp³-hybridized carbons (Fsp3) is 0.600. The highest BCUT2D eigenvalue weighted by molar-refractivity contribution is 8.00. The molecule has 0 radical (unpaired) electrons. The molecule has 1 aromatic carbocycles. The summed E-state index contributed by atoms with van der Waals surface area (Å²) in [7, 11) is 0. The van der Waals surface area contributed by atoms with Crippen LogP contribution in [0, 0.1) is 6.92 Å². The van der Waals surface area contributed by atoms with Crippen LogP contribution in [0.4, 0.5) is 0 Å². The standard InChI is InChI=1S/C15H22ClNS/c1-12-5-6-13(14(16)9-12)10-17-11-15(18-2)7-3-4-8-15/h5-6,9,17H,3-4,7-8,10-11H2,1-2H3. The summed E-state index contributed by atoms with van der Waals surface area (Å²) in [5.41, 5.74) is 2.43. The minimum absolute atomic E-state index is 0.469. The highest BCUT2D eigenvalue weighted by Gasteiger charge is 2.32. The van der Waals surface area contributed by atoms with Gasteiger partial charge in [-0.3, -0.25) is 0 Å². The van der Waals surface area contributed by atoms with Crippen LogP contribution in [0.1, 0.15) is 36.8 Å². The SMILES string of the molecule is CSC1(CNCc2ccc(C)cc2Cl)CCCC1. The smallest absolute Gasteiger partial charge is 0.0453 e. The molecule has 1 N–H and O–H groups in total. The molecule has 0 atom stereocenters. The molecule has 0 heterocycles. The van der Waals surface area contributed by atoms with E-state index in [-0.39, 0.29) is 0 Å². The monoisotopic (exact) mass is 283 g/mol. The maximum absolute atomic E-state index is 6.25. The zero-order valence-electron chi connectivity index (χ0n) is 11.3. The summed E-state index contributed by atoms with van der Waals surface area (Å²) >= 11 is 8.27. The fourth-order valence-electron chi connectivity index (χ4n) is 2.69. The van der Waals surface area contributed by atoms with Gasteiger partial charge in [-0.25, -0.2) is 0 Å². The Hall–Kier alpha value is -0.180. The van der Waals surface area contributed by atoms with Gasteiger partial charge in [0.25, 0.3) is 0 Å². The van der Waals surface area contributed by atoms with E-state index in [0.29, 0.717) is 4.75 Å². The largest absolute Gasteiger partial charge is 0.311 e. The average Bonchev–Trinajstić information content (AvgIpc) is 2.81. The molecule has 0 saturated heterocycles. The maximum Gasteiger partial charge on any atom is 0.0453 e. The molecule has 3 heteroatoms.